The molecule has 5 nitrogen and oxygen atoms in total. The Labute approximate surface area is 128 Å². The van der Waals surface area contributed by atoms with E-state index in [-0.39, 0.29) is 23.2 Å². The average molecular weight is 308 g/mol. The van der Waals surface area contributed by atoms with Crippen LogP contribution in [0.3, 0.4) is 0 Å². The summed E-state index contributed by atoms with van der Waals surface area (Å²) >= 11 is 1.69. The molecule has 0 bridgehead atoms. The highest BCUT2D eigenvalue weighted by molar-refractivity contribution is 8.00. The van der Waals surface area contributed by atoms with E-state index in [0.717, 1.165) is 25.7 Å². The minimum Gasteiger partial charge on any atom is -0.459 e. The van der Waals surface area contributed by atoms with Crippen LogP contribution in [0.2, 0.25) is 0 Å². The number of hydrogen-bond acceptors (Lipinski definition) is 4. The van der Waals surface area contributed by atoms with Crippen molar-refractivity contribution in [2.24, 2.45) is 0 Å². The molecule has 1 aliphatic heterocycles. The summed E-state index contributed by atoms with van der Waals surface area (Å²) in [7, 11) is 0. The molecule has 2 atom stereocenters. The first-order chi connectivity index (χ1) is 10.2. The number of thioether (sulfide) groups is 1. The maximum absolute atomic E-state index is 12.6. The van der Waals surface area contributed by atoms with Crippen LogP contribution in [-0.4, -0.2) is 39.9 Å². The summed E-state index contributed by atoms with van der Waals surface area (Å²) in [5.74, 6) is 0.765. The molecule has 1 aromatic rings. The Morgan fingerprint density at radius 2 is 2.29 bits per heavy atom. The van der Waals surface area contributed by atoms with E-state index in [9.17, 15) is 9.59 Å². The summed E-state index contributed by atoms with van der Waals surface area (Å²) in [5, 5.41) is 3.07. The number of rotatable bonds is 5. The van der Waals surface area contributed by atoms with E-state index in [1.807, 2.05) is 0 Å². The third-order valence-corrected chi connectivity index (χ3v) is 5.18. The minimum absolute atomic E-state index is 0.0245. The average Bonchev–Trinajstić information content (AvgIpc) is 2.98. The second-order valence-electron chi connectivity index (χ2n) is 5.57. The van der Waals surface area contributed by atoms with Gasteiger partial charge in [-0.25, -0.2) is 0 Å². The number of furan rings is 1. The number of amides is 2. The molecule has 3 rings (SSSR count). The third-order valence-electron chi connectivity index (χ3n) is 3.82. The standard InChI is InChI=1S/C15H20N2O3S/c1-2-4-13-17(15(19)12-5-3-8-20-12)11(9-21-13)14(18)16-10-6-7-10/h3,5,8,10-11,13H,2,4,6-7,9H2,1H3,(H,16,18). The number of hydrogen-bond donors (Lipinski definition) is 1. The molecule has 1 aromatic heterocycles. The van der Waals surface area contributed by atoms with Crippen LogP contribution in [0.4, 0.5) is 0 Å². The summed E-state index contributed by atoms with van der Waals surface area (Å²) in [4.78, 5) is 26.7. The lowest BCUT2D eigenvalue weighted by Crippen LogP contribution is -2.50. The Morgan fingerprint density at radius 3 is 2.90 bits per heavy atom. The molecule has 1 N–H and O–H groups in total. The van der Waals surface area contributed by atoms with Crippen LogP contribution in [0.15, 0.2) is 22.8 Å². The molecule has 2 heterocycles. The van der Waals surface area contributed by atoms with E-state index in [4.69, 9.17) is 4.42 Å². The van der Waals surface area contributed by atoms with Gasteiger partial charge >= 0.3 is 0 Å². The molecule has 0 aromatic carbocycles. The molecular formula is C15H20N2O3S. The van der Waals surface area contributed by atoms with Gasteiger partial charge in [-0.2, -0.15) is 0 Å². The molecule has 0 spiro atoms. The van der Waals surface area contributed by atoms with Crippen LogP contribution in [0.25, 0.3) is 0 Å². The molecule has 114 valence electrons. The van der Waals surface area contributed by atoms with Crippen LogP contribution >= 0.6 is 11.8 Å². The van der Waals surface area contributed by atoms with Crippen molar-refractivity contribution in [1.29, 1.82) is 0 Å². The zero-order valence-electron chi connectivity index (χ0n) is 12.1. The van der Waals surface area contributed by atoms with Crippen molar-refractivity contribution in [2.75, 3.05) is 5.75 Å². The van der Waals surface area contributed by atoms with Gasteiger partial charge in [0.15, 0.2) is 5.76 Å². The first-order valence-corrected chi connectivity index (χ1v) is 8.53. The van der Waals surface area contributed by atoms with Crippen molar-refractivity contribution in [3.05, 3.63) is 24.2 Å². The lowest BCUT2D eigenvalue weighted by Gasteiger charge is -2.27. The maximum atomic E-state index is 12.6. The van der Waals surface area contributed by atoms with Gasteiger partial charge in [0, 0.05) is 11.8 Å². The van der Waals surface area contributed by atoms with Crippen molar-refractivity contribution in [3.8, 4) is 0 Å². The topological polar surface area (TPSA) is 62.6 Å². The van der Waals surface area contributed by atoms with Gasteiger partial charge < -0.3 is 14.6 Å². The van der Waals surface area contributed by atoms with Gasteiger partial charge in [-0.15, -0.1) is 11.8 Å². The third kappa shape index (κ3) is 3.10. The van der Waals surface area contributed by atoms with Crippen molar-refractivity contribution >= 4 is 23.6 Å². The SMILES string of the molecule is CCCC1SCC(C(=O)NC2CC2)N1C(=O)c1ccco1. The van der Waals surface area contributed by atoms with Crippen molar-refractivity contribution in [3.63, 3.8) is 0 Å². The molecule has 2 fully saturated rings. The summed E-state index contributed by atoms with van der Waals surface area (Å²) in [6, 6.07) is 3.28. The quantitative estimate of drug-likeness (QED) is 0.906. The second-order valence-corrected chi connectivity index (χ2v) is 6.78. The Hall–Kier alpha value is -1.43. The van der Waals surface area contributed by atoms with Crippen LogP contribution in [0.5, 0.6) is 0 Å². The van der Waals surface area contributed by atoms with Gasteiger partial charge in [-0.1, -0.05) is 13.3 Å². The fraction of sp³-hybridized carbons (Fsp3) is 0.600. The van der Waals surface area contributed by atoms with Crippen LogP contribution in [-0.2, 0) is 4.79 Å². The van der Waals surface area contributed by atoms with Gasteiger partial charge in [0.05, 0.1) is 11.6 Å². The lowest BCUT2D eigenvalue weighted by atomic mass is 10.2. The smallest absolute Gasteiger partial charge is 0.291 e. The molecule has 2 aliphatic rings. The fourth-order valence-corrected chi connectivity index (χ4v) is 4.08. The summed E-state index contributed by atoms with van der Waals surface area (Å²) in [6.07, 6.45) is 5.47. The molecule has 21 heavy (non-hydrogen) atoms. The first kappa shape index (κ1) is 14.5. The van der Waals surface area contributed by atoms with Gasteiger partial charge in [-0.05, 0) is 31.4 Å². The number of nitrogens with zero attached hydrogens (tertiary/aromatic N) is 1. The zero-order chi connectivity index (χ0) is 14.8. The Balaban J connectivity index is 1.77. The normalized spacial score (nSPS) is 25.1. The summed E-state index contributed by atoms with van der Waals surface area (Å²) < 4.78 is 5.22. The zero-order valence-corrected chi connectivity index (χ0v) is 12.9. The van der Waals surface area contributed by atoms with Crippen LogP contribution in [0.1, 0.15) is 43.2 Å². The van der Waals surface area contributed by atoms with Gasteiger partial charge in [0.2, 0.25) is 5.91 Å². The fourth-order valence-electron chi connectivity index (χ4n) is 2.56. The van der Waals surface area contributed by atoms with Crippen LogP contribution in [0, 0.1) is 0 Å². The van der Waals surface area contributed by atoms with Gasteiger partial charge in [0.25, 0.3) is 5.91 Å². The van der Waals surface area contributed by atoms with Crippen molar-refractivity contribution < 1.29 is 14.0 Å². The largest absolute Gasteiger partial charge is 0.459 e. The molecule has 1 saturated heterocycles. The molecule has 6 heteroatoms. The van der Waals surface area contributed by atoms with E-state index in [1.165, 1.54) is 6.26 Å². The molecule has 0 radical (unpaired) electrons. The van der Waals surface area contributed by atoms with Gasteiger partial charge in [0.1, 0.15) is 6.04 Å². The minimum atomic E-state index is -0.384. The predicted molar refractivity (Wildman–Crippen MR) is 81.0 cm³/mol. The Kier molecular flexibility index (Phi) is 4.24. The van der Waals surface area contributed by atoms with E-state index in [0.29, 0.717) is 17.6 Å². The highest BCUT2D eigenvalue weighted by atomic mass is 32.2. The van der Waals surface area contributed by atoms with E-state index in [2.05, 4.69) is 12.2 Å². The van der Waals surface area contributed by atoms with E-state index >= 15 is 0 Å². The highest BCUT2D eigenvalue weighted by Crippen LogP contribution is 2.34. The molecule has 1 saturated carbocycles. The number of nitrogens with one attached hydrogen (secondary N) is 1. The highest BCUT2D eigenvalue weighted by Gasteiger charge is 2.43. The monoisotopic (exact) mass is 308 g/mol. The first-order valence-electron chi connectivity index (χ1n) is 7.49. The lowest BCUT2D eigenvalue weighted by molar-refractivity contribution is -0.125. The molecular weight excluding hydrogens is 288 g/mol. The molecule has 2 unspecified atom stereocenters. The van der Waals surface area contributed by atoms with Crippen molar-refractivity contribution in [1.82, 2.24) is 10.2 Å². The predicted octanol–water partition coefficient (Wildman–Crippen LogP) is 2.24. The van der Waals surface area contributed by atoms with Crippen molar-refractivity contribution in [2.45, 2.75) is 50.1 Å². The Morgan fingerprint density at radius 1 is 1.48 bits per heavy atom. The number of carbonyl (C=O) groups excluding carboxylic acids is 2. The van der Waals surface area contributed by atoms with Gasteiger partial charge in [-0.3, -0.25) is 9.59 Å². The molecule has 1 aliphatic carbocycles. The summed E-state index contributed by atoms with van der Waals surface area (Å²) in [6.45, 7) is 2.09. The van der Waals surface area contributed by atoms with E-state index in [1.54, 1.807) is 28.8 Å². The second kappa shape index (κ2) is 6.13. The molecule has 2 amide bonds. The number of carbonyl (C=O) groups is 2. The maximum Gasteiger partial charge on any atom is 0.291 e. The summed E-state index contributed by atoms with van der Waals surface area (Å²) in [5.41, 5.74) is 0. The van der Waals surface area contributed by atoms with Crippen LogP contribution < -0.4 is 5.32 Å². The Bertz CT molecular complexity index is 513. The van der Waals surface area contributed by atoms with E-state index < -0.39 is 0 Å².